The quantitative estimate of drug-likeness (QED) is 0.357. The van der Waals surface area contributed by atoms with Gasteiger partial charge in [0.15, 0.2) is 5.78 Å². The van der Waals surface area contributed by atoms with E-state index in [1.54, 1.807) is 19.1 Å². The van der Waals surface area contributed by atoms with Crippen LogP contribution in [-0.2, 0) is 18.5 Å². The molecule has 29 heavy (non-hydrogen) atoms. The highest BCUT2D eigenvalue weighted by atomic mass is 35.5. The number of hydrogen-bond donors (Lipinski definition) is 1. The summed E-state index contributed by atoms with van der Waals surface area (Å²) < 4.78 is 38.2. The highest BCUT2D eigenvalue weighted by molar-refractivity contribution is 7.15. The first-order chi connectivity index (χ1) is 13.7. The molecule has 0 saturated heterocycles. The molecule has 0 bridgehead atoms. The van der Waals surface area contributed by atoms with Crippen molar-refractivity contribution in [1.29, 1.82) is 0 Å². The van der Waals surface area contributed by atoms with E-state index in [2.05, 4.69) is 4.98 Å². The maximum absolute atomic E-state index is 12.7. The summed E-state index contributed by atoms with van der Waals surface area (Å²) in [5, 5.41) is 10.1. The number of Topliss-reactive ketones (excluding diaryl/α,β-unsaturated/α-hetero) is 1. The molecule has 0 radical (unpaired) electrons. The van der Waals surface area contributed by atoms with Crippen LogP contribution in [0.15, 0.2) is 42.5 Å². The van der Waals surface area contributed by atoms with Crippen LogP contribution in [-0.4, -0.2) is 15.9 Å². The van der Waals surface area contributed by atoms with E-state index in [4.69, 9.17) is 11.6 Å². The zero-order valence-corrected chi connectivity index (χ0v) is 17.0. The summed E-state index contributed by atoms with van der Waals surface area (Å²) in [5.41, 5.74) is 1.62. The molecule has 1 aromatic heterocycles. The van der Waals surface area contributed by atoms with Gasteiger partial charge in [0.25, 0.3) is 0 Å². The maximum atomic E-state index is 12.7. The van der Waals surface area contributed by atoms with Crippen LogP contribution in [0.4, 0.5) is 13.2 Å². The summed E-state index contributed by atoms with van der Waals surface area (Å²) in [6.45, 7) is 1.72. The molecular weight excluding hydrogens is 423 g/mol. The highest BCUT2D eigenvalue weighted by Crippen LogP contribution is 2.34. The van der Waals surface area contributed by atoms with E-state index in [0.717, 1.165) is 17.0 Å². The van der Waals surface area contributed by atoms with Crippen LogP contribution in [0.3, 0.4) is 0 Å². The molecule has 0 unspecified atom stereocenters. The Balaban J connectivity index is 1.76. The van der Waals surface area contributed by atoms with E-state index in [1.807, 2.05) is 0 Å². The third kappa shape index (κ3) is 4.97. The van der Waals surface area contributed by atoms with Gasteiger partial charge in [0.05, 0.1) is 17.1 Å². The van der Waals surface area contributed by atoms with Crippen molar-refractivity contribution in [2.24, 2.45) is 0 Å². The Morgan fingerprint density at radius 1 is 1.17 bits per heavy atom. The van der Waals surface area contributed by atoms with E-state index in [1.165, 1.54) is 29.5 Å². The number of hydrogen-bond acceptors (Lipinski definition) is 4. The molecule has 8 heteroatoms. The number of carbonyl (C=O) groups excluding carboxylic acids is 1. The number of alkyl halides is 4. The molecule has 0 saturated carbocycles. The van der Waals surface area contributed by atoms with Crippen LogP contribution in [0.5, 0.6) is 5.75 Å². The van der Waals surface area contributed by atoms with Crippen LogP contribution >= 0.6 is 22.9 Å². The number of rotatable bonds is 6. The second kappa shape index (κ2) is 8.55. The second-order valence-corrected chi connectivity index (χ2v) is 7.87. The first-order valence-electron chi connectivity index (χ1n) is 8.74. The van der Waals surface area contributed by atoms with Crippen LogP contribution in [0.25, 0.3) is 10.6 Å². The topological polar surface area (TPSA) is 50.2 Å². The van der Waals surface area contributed by atoms with Gasteiger partial charge in [-0.05, 0) is 49.2 Å². The number of phenolic OH excluding ortho intramolecular Hbond substituents is 1. The molecule has 0 atom stereocenters. The Morgan fingerprint density at radius 3 is 2.45 bits per heavy atom. The van der Waals surface area contributed by atoms with Gasteiger partial charge in [0.1, 0.15) is 10.8 Å². The summed E-state index contributed by atoms with van der Waals surface area (Å²) in [4.78, 5) is 17.7. The SMILES string of the molecule is Cc1cc(C(=O)CCc2sc(-c3ccc(C(F)(F)F)cc3)nc2CCl)ccc1O. The normalized spacial score (nSPS) is 11.6. The fourth-order valence-corrected chi connectivity index (χ4v) is 4.19. The van der Waals surface area contributed by atoms with Crippen molar-refractivity contribution in [1.82, 2.24) is 4.98 Å². The van der Waals surface area contributed by atoms with Crippen molar-refractivity contribution in [3.8, 4) is 16.3 Å². The number of thiazole rings is 1. The minimum absolute atomic E-state index is 0.0712. The van der Waals surface area contributed by atoms with Crippen molar-refractivity contribution in [3.05, 3.63) is 69.7 Å². The Labute approximate surface area is 174 Å². The average Bonchev–Trinajstić information content (AvgIpc) is 3.11. The average molecular weight is 440 g/mol. The zero-order valence-electron chi connectivity index (χ0n) is 15.4. The number of aromatic hydroxyl groups is 1. The standard InChI is InChI=1S/C21H17ClF3NO2S/c1-12-10-14(4-7-17(12)27)18(28)8-9-19-16(11-22)26-20(29-19)13-2-5-15(6-3-13)21(23,24)25/h2-7,10,27H,8-9,11H2,1H3. The van der Waals surface area contributed by atoms with Crippen LogP contribution in [0.1, 0.15) is 38.5 Å². The third-order valence-electron chi connectivity index (χ3n) is 4.46. The van der Waals surface area contributed by atoms with Crippen molar-refractivity contribution in [2.75, 3.05) is 0 Å². The Kier molecular flexibility index (Phi) is 6.29. The van der Waals surface area contributed by atoms with Gasteiger partial charge in [-0.3, -0.25) is 4.79 Å². The molecule has 2 aromatic carbocycles. The number of benzene rings is 2. The number of aromatic nitrogens is 1. The summed E-state index contributed by atoms with van der Waals surface area (Å²) in [7, 11) is 0. The molecule has 3 rings (SSSR count). The summed E-state index contributed by atoms with van der Waals surface area (Å²) >= 11 is 7.30. The van der Waals surface area contributed by atoms with Gasteiger partial charge in [-0.1, -0.05) is 12.1 Å². The van der Waals surface area contributed by atoms with Gasteiger partial charge in [-0.15, -0.1) is 22.9 Å². The molecule has 0 aliphatic heterocycles. The number of nitrogens with zero attached hydrogens (tertiary/aromatic N) is 1. The van der Waals surface area contributed by atoms with Gasteiger partial charge in [0, 0.05) is 22.4 Å². The van der Waals surface area contributed by atoms with Crippen molar-refractivity contribution >= 4 is 28.7 Å². The van der Waals surface area contributed by atoms with E-state index in [9.17, 15) is 23.1 Å². The molecule has 0 aliphatic rings. The van der Waals surface area contributed by atoms with Gasteiger partial charge in [-0.2, -0.15) is 13.2 Å². The molecule has 0 spiro atoms. The summed E-state index contributed by atoms with van der Waals surface area (Å²) in [6.07, 6.45) is -3.72. The second-order valence-electron chi connectivity index (χ2n) is 6.52. The minimum atomic E-state index is -4.39. The number of halogens is 4. The third-order valence-corrected chi connectivity index (χ3v) is 5.92. The lowest BCUT2D eigenvalue weighted by Gasteiger charge is -2.06. The van der Waals surface area contributed by atoms with Gasteiger partial charge in [0.2, 0.25) is 0 Å². The summed E-state index contributed by atoms with van der Waals surface area (Å²) in [6, 6.07) is 9.51. The maximum Gasteiger partial charge on any atom is 0.416 e. The zero-order chi connectivity index (χ0) is 21.2. The Morgan fingerprint density at radius 2 is 1.86 bits per heavy atom. The predicted octanol–water partition coefficient (Wildman–Crippen LogP) is 6.40. The number of aryl methyl sites for hydroxylation is 2. The molecule has 0 amide bonds. The smallest absolute Gasteiger partial charge is 0.416 e. The van der Waals surface area contributed by atoms with Crippen LogP contribution in [0, 0.1) is 6.92 Å². The van der Waals surface area contributed by atoms with E-state index >= 15 is 0 Å². The lowest BCUT2D eigenvalue weighted by atomic mass is 10.0. The molecule has 3 nitrogen and oxygen atoms in total. The lowest BCUT2D eigenvalue weighted by Crippen LogP contribution is -2.03. The van der Waals surface area contributed by atoms with Gasteiger partial charge < -0.3 is 5.11 Å². The molecule has 0 aliphatic carbocycles. The van der Waals surface area contributed by atoms with Crippen LogP contribution < -0.4 is 0 Å². The molecule has 1 N–H and O–H groups in total. The first-order valence-corrected chi connectivity index (χ1v) is 10.1. The van der Waals surface area contributed by atoms with E-state index < -0.39 is 11.7 Å². The number of carbonyl (C=O) groups is 1. The monoisotopic (exact) mass is 439 g/mol. The fraction of sp³-hybridized carbons (Fsp3) is 0.238. The van der Waals surface area contributed by atoms with Crippen molar-refractivity contribution < 1.29 is 23.1 Å². The fourth-order valence-electron chi connectivity index (χ4n) is 2.81. The van der Waals surface area contributed by atoms with Crippen molar-refractivity contribution in [2.45, 2.75) is 31.8 Å². The molecule has 1 heterocycles. The van der Waals surface area contributed by atoms with Crippen molar-refractivity contribution in [3.63, 3.8) is 0 Å². The number of ketones is 1. The largest absolute Gasteiger partial charge is 0.508 e. The summed E-state index contributed by atoms with van der Waals surface area (Å²) in [5.74, 6) is 0.214. The highest BCUT2D eigenvalue weighted by Gasteiger charge is 2.30. The predicted molar refractivity (Wildman–Crippen MR) is 108 cm³/mol. The molecule has 3 aromatic rings. The molecule has 0 fully saturated rings. The van der Waals surface area contributed by atoms with Gasteiger partial charge >= 0.3 is 6.18 Å². The number of phenols is 1. The Bertz CT molecular complexity index is 1030. The van der Waals surface area contributed by atoms with E-state index in [0.29, 0.717) is 33.8 Å². The first kappa shape index (κ1) is 21.3. The molecule has 152 valence electrons. The van der Waals surface area contributed by atoms with Gasteiger partial charge in [-0.25, -0.2) is 4.98 Å². The van der Waals surface area contributed by atoms with Crippen LogP contribution in [0.2, 0.25) is 0 Å². The minimum Gasteiger partial charge on any atom is -0.508 e. The van der Waals surface area contributed by atoms with E-state index in [-0.39, 0.29) is 23.8 Å². The Hall–Kier alpha value is -2.38. The molecular formula is C21H17ClF3NO2S. The lowest BCUT2D eigenvalue weighted by molar-refractivity contribution is -0.137.